The zero-order chi connectivity index (χ0) is 23.4. The zero-order valence-electron chi connectivity index (χ0n) is 19.6. The summed E-state index contributed by atoms with van der Waals surface area (Å²) in [5.74, 6) is 1.37. The quantitative estimate of drug-likeness (QED) is 0.433. The first-order chi connectivity index (χ1) is 15.6. The monoisotopic (exact) mass is 491 g/mol. The maximum absolute atomic E-state index is 14.1. The molecule has 0 heterocycles. The molecule has 0 radical (unpaired) electrons. The highest BCUT2D eigenvalue weighted by Gasteiger charge is 2.59. The number of nitrogens with one attached hydrogen (secondary N) is 1. The lowest BCUT2D eigenvalue weighted by molar-refractivity contribution is -0.118. The molecule has 4 atom stereocenters. The summed E-state index contributed by atoms with van der Waals surface area (Å²) >= 11 is 12.7. The van der Waals surface area contributed by atoms with E-state index in [1.807, 2.05) is 12.1 Å². The molecule has 4 saturated carbocycles. The Hall–Kier alpha value is -1.49. The minimum Gasteiger partial charge on any atom is -0.493 e. The fourth-order valence-electron chi connectivity index (χ4n) is 7.76. The van der Waals surface area contributed by atoms with Crippen LogP contribution >= 0.6 is 23.2 Å². The van der Waals surface area contributed by atoms with Gasteiger partial charge in [-0.2, -0.15) is 0 Å². The molecule has 3 nitrogen and oxygen atoms in total. The van der Waals surface area contributed by atoms with E-state index < -0.39 is 5.82 Å². The minimum atomic E-state index is -0.406. The predicted octanol–water partition coefficient (Wildman–Crippen LogP) is 7.56. The van der Waals surface area contributed by atoms with Gasteiger partial charge in [-0.25, -0.2) is 4.39 Å². The maximum atomic E-state index is 14.1. The SMILES string of the molecule is COc1cc(CNC23CC4C[C@@](C)(C2)C[C@](C)(C4)C3)cc(Cl)c1OCc1c(F)cccc1Cl. The zero-order valence-corrected chi connectivity index (χ0v) is 21.1. The summed E-state index contributed by atoms with van der Waals surface area (Å²) in [6.07, 6.45) is 7.89. The van der Waals surface area contributed by atoms with Crippen molar-refractivity contribution >= 4 is 23.2 Å². The van der Waals surface area contributed by atoms with E-state index in [-0.39, 0.29) is 12.1 Å². The van der Waals surface area contributed by atoms with E-state index >= 15 is 0 Å². The second kappa shape index (κ2) is 8.32. The van der Waals surface area contributed by atoms with Crippen LogP contribution in [-0.4, -0.2) is 12.6 Å². The number of benzene rings is 2. The van der Waals surface area contributed by atoms with E-state index in [9.17, 15) is 4.39 Å². The van der Waals surface area contributed by atoms with Crippen LogP contribution < -0.4 is 14.8 Å². The molecule has 6 rings (SSSR count). The standard InChI is InChI=1S/C27H32Cl2FNO2/c1-25-9-18-10-26(2,14-25)16-27(11-18,15-25)31-12-17-7-21(29)24(23(8-17)32-3)33-13-19-20(28)5-4-6-22(19)30/h4-8,18,31H,9-16H2,1-3H3/t18?,25-,26+,27?. The van der Waals surface area contributed by atoms with Crippen molar-refractivity contribution in [3.8, 4) is 11.5 Å². The Morgan fingerprint density at radius 3 is 2.39 bits per heavy atom. The first-order valence-electron chi connectivity index (χ1n) is 11.8. The molecule has 4 aliphatic carbocycles. The van der Waals surface area contributed by atoms with Crippen molar-refractivity contribution in [1.29, 1.82) is 0 Å². The second-order valence-electron chi connectivity index (χ2n) is 11.4. The Bertz CT molecular complexity index is 1040. The largest absolute Gasteiger partial charge is 0.493 e. The van der Waals surface area contributed by atoms with Gasteiger partial charge in [-0.1, -0.05) is 43.1 Å². The molecule has 0 aromatic heterocycles. The molecule has 178 valence electrons. The van der Waals surface area contributed by atoms with E-state index in [0.717, 1.165) is 18.0 Å². The van der Waals surface area contributed by atoms with E-state index in [4.69, 9.17) is 32.7 Å². The molecule has 2 unspecified atom stereocenters. The average Bonchev–Trinajstić information content (AvgIpc) is 2.70. The summed E-state index contributed by atoms with van der Waals surface area (Å²) in [5, 5.41) is 4.71. The van der Waals surface area contributed by atoms with Gasteiger partial charge in [0.1, 0.15) is 12.4 Å². The summed E-state index contributed by atoms with van der Waals surface area (Å²) in [6.45, 7) is 5.68. The average molecular weight is 492 g/mol. The Labute approximate surface area is 205 Å². The smallest absolute Gasteiger partial charge is 0.180 e. The molecule has 2 aromatic carbocycles. The van der Waals surface area contributed by atoms with Gasteiger partial charge in [0, 0.05) is 17.6 Å². The molecule has 0 amide bonds. The van der Waals surface area contributed by atoms with Crippen LogP contribution in [0.15, 0.2) is 30.3 Å². The third-order valence-electron chi connectivity index (χ3n) is 8.01. The molecule has 0 saturated heterocycles. The highest BCUT2D eigenvalue weighted by atomic mass is 35.5. The van der Waals surface area contributed by atoms with Gasteiger partial charge in [-0.15, -0.1) is 0 Å². The third-order valence-corrected chi connectivity index (χ3v) is 8.64. The van der Waals surface area contributed by atoms with Crippen molar-refractivity contribution in [2.75, 3.05) is 7.11 Å². The lowest BCUT2D eigenvalue weighted by atomic mass is 9.43. The van der Waals surface area contributed by atoms with Crippen LogP contribution in [0.1, 0.15) is 63.5 Å². The van der Waals surface area contributed by atoms with Crippen molar-refractivity contribution in [2.45, 2.75) is 71.1 Å². The lowest BCUT2D eigenvalue weighted by Gasteiger charge is -2.65. The van der Waals surface area contributed by atoms with Gasteiger partial charge < -0.3 is 14.8 Å². The predicted molar refractivity (Wildman–Crippen MR) is 131 cm³/mol. The van der Waals surface area contributed by atoms with Crippen LogP contribution in [0.4, 0.5) is 4.39 Å². The summed E-state index contributed by atoms with van der Waals surface area (Å²) in [4.78, 5) is 0. The summed E-state index contributed by atoms with van der Waals surface area (Å²) in [5.41, 5.74) is 2.48. The number of rotatable bonds is 7. The van der Waals surface area contributed by atoms with Gasteiger partial charge >= 0.3 is 0 Å². The number of hydrogen-bond donors (Lipinski definition) is 1. The Morgan fingerprint density at radius 2 is 1.76 bits per heavy atom. The molecule has 2 aromatic rings. The molecule has 6 heteroatoms. The Morgan fingerprint density at radius 1 is 1.03 bits per heavy atom. The van der Waals surface area contributed by atoms with E-state index in [2.05, 4.69) is 19.2 Å². The molecular formula is C27H32Cl2FNO2. The fourth-order valence-corrected chi connectivity index (χ4v) is 8.27. The second-order valence-corrected chi connectivity index (χ2v) is 12.2. The normalized spacial score (nSPS) is 32.2. The first kappa shape index (κ1) is 23.3. The van der Waals surface area contributed by atoms with Crippen LogP contribution in [0.25, 0.3) is 0 Å². The third kappa shape index (κ3) is 4.47. The van der Waals surface area contributed by atoms with Crippen molar-refractivity contribution < 1.29 is 13.9 Å². The van der Waals surface area contributed by atoms with Crippen LogP contribution in [0, 0.1) is 22.6 Å². The van der Waals surface area contributed by atoms with Crippen LogP contribution in [-0.2, 0) is 13.2 Å². The fraction of sp³-hybridized carbons (Fsp3) is 0.556. The summed E-state index contributed by atoms with van der Waals surface area (Å²) < 4.78 is 25.6. The van der Waals surface area contributed by atoms with E-state index in [0.29, 0.717) is 37.9 Å². The number of ether oxygens (including phenoxy) is 2. The van der Waals surface area contributed by atoms with Gasteiger partial charge in [0.05, 0.1) is 17.2 Å². The van der Waals surface area contributed by atoms with Crippen molar-refractivity contribution in [1.82, 2.24) is 5.32 Å². The van der Waals surface area contributed by atoms with Gasteiger partial charge in [0.25, 0.3) is 0 Å². The summed E-state index contributed by atoms with van der Waals surface area (Å²) in [6, 6.07) is 8.45. The maximum Gasteiger partial charge on any atom is 0.180 e. The van der Waals surface area contributed by atoms with Gasteiger partial charge in [0.2, 0.25) is 0 Å². The van der Waals surface area contributed by atoms with Crippen LogP contribution in [0.2, 0.25) is 10.0 Å². The van der Waals surface area contributed by atoms with E-state index in [1.54, 1.807) is 19.2 Å². The molecule has 33 heavy (non-hydrogen) atoms. The van der Waals surface area contributed by atoms with Crippen molar-refractivity contribution in [3.63, 3.8) is 0 Å². The molecular weight excluding hydrogens is 460 g/mol. The molecule has 4 aliphatic rings. The Kier molecular flexibility index (Phi) is 5.86. The molecule has 0 aliphatic heterocycles. The van der Waals surface area contributed by atoms with Gasteiger partial charge in [-0.05, 0) is 85.1 Å². The van der Waals surface area contributed by atoms with Crippen molar-refractivity contribution in [3.05, 3.63) is 57.3 Å². The summed E-state index contributed by atoms with van der Waals surface area (Å²) in [7, 11) is 1.59. The topological polar surface area (TPSA) is 30.5 Å². The van der Waals surface area contributed by atoms with E-state index in [1.165, 1.54) is 44.6 Å². The first-order valence-corrected chi connectivity index (χ1v) is 12.5. The number of hydrogen-bond acceptors (Lipinski definition) is 3. The number of methoxy groups -OCH3 is 1. The van der Waals surface area contributed by atoms with Crippen molar-refractivity contribution in [2.24, 2.45) is 16.7 Å². The minimum absolute atomic E-state index is 0.0269. The van der Waals surface area contributed by atoms with Gasteiger partial charge in [-0.3, -0.25) is 0 Å². The molecule has 1 N–H and O–H groups in total. The highest BCUT2D eigenvalue weighted by molar-refractivity contribution is 6.32. The lowest BCUT2D eigenvalue weighted by Crippen LogP contribution is -2.63. The molecule has 4 fully saturated rings. The number of halogens is 3. The van der Waals surface area contributed by atoms with Crippen LogP contribution in [0.5, 0.6) is 11.5 Å². The molecule has 4 bridgehead atoms. The highest BCUT2D eigenvalue weighted by Crippen LogP contribution is 2.66. The van der Waals surface area contributed by atoms with Gasteiger partial charge in [0.15, 0.2) is 11.5 Å². The van der Waals surface area contributed by atoms with Crippen LogP contribution in [0.3, 0.4) is 0 Å². The molecule has 0 spiro atoms. The Balaban J connectivity index is 1.32.